The minimum atomic E-state index is -1.05. The second kappa shape index (κ2) is 8.78. The number of aliphatic imine (C=N–C) groups is 1. The Kier molecular flexibility index (Phi) is 6.39. The van der Waals surface area contributed by atoms with Gasteiger partial charge in [0.1, 0.15) is 5.60 Å². The van der Waals surface area contributed by atoms with Crippen LogP contribution in [-0.2, 0) is 18.1 Å². The van der Waals surface area contributed by atoms with Crippen molar-refractivity contribution in [3.63, 3.8) is 0 Å². The molecule has 1 saturated carbocycles. The van der Waals surface area contributed by atoms with Crippen LogP contribution < -0.4 is 10.6 Å². The van der Waals surface area contributed by atoms with Crippen LogP contribution in [0.5, 0.6) is 0 Å². The first-order valence-corrected chi connectivity index (χ1v) is 10.2. The van der Waals surface area contributed by atoms with Gasteiger partial charge < -0.3 is 15.7 Å². The summed E-state index contributed by atoms with van der Waals surface area (Å²) in [5.41, 5.74) is 1.27. The average Bonchev–Trinajstić information content (AvgIpc) is 3.35. The molecule has 1 unspecified atom stereocenters. The van der Waals surface area contributed by atoms with Gasteiger partial charge in [-0.2, -0.15) is 5.10 Å². The van der Waals surface area contributed by atoms with E-state index in [2.05, 4.69) is 58.0 Å². The Bertz CT molecular complexity index is 775. The number of aryl methyl sites for hydroxylation is 1. The molecule has 6 nitrogen and oxygen atoms in total. The van der Waals surface area contributed by atoms with Crippen molar-refractivity contribution >= 4 is 5.96 Å². The van der Waals surface area contributed by atoms with Gasteiger partial charge in [-0.1, -0.05) is 43.2 Å². The maximum Gasteiger partial charge on any atom is 0.191 e. The van der Waals surface area contributed by atoms with E-state index in [-0.39, 0.29) is 12.0 Å². The van der Waals surface area contributed by atoms with Crippen LogP contribution in [0.25, 0.3) is 0 Å². The second-order valence-electron chi connectivity index (χ2n) is 8.08. The van der Waals surface area contributed by atoms with E-state index in [1.165, 1.54) is 31.2 Å². The molecule has 0 bridgehead atoms. The summed E-state index contributed by atoms with van der Waals surface area (Å²) in [4.78, 5) is 4.66. The summed E-state index contributed by atoms with van der Waals surface area (Å²) in [5, 5.41) is 21.8. The van der Waals surface area contributed by atoms with Gasteiger partial charge in [-0.15, -0.1) is 0 Å². The van der Waals surface area contributed by atoms with Gasteiger partial charge in [0, 0.05) is 37.3 Å². The van der Waals surface area contributed by atoms with Crippen molar-refractivity contribution in [1.82, 2.24) is 20.4 Å². The number of aromatic nitrogens is 2. The molecule has 2 aromatic rings. The van der Waals surface area contributed by atoms with Gasteiger partial charge in [-0.05, 0) is 32.3 Å². The van der Waals surface area contributed by atoms with Gasteiger partial charge in [-0.25, -0.2) is 4.99 Å². The number of rotatable bonds is 7. The lowest BCUT2D eigenvalue weighted by atomic mass is 9.79. The molecule has 1 aliphatic rings. The average molecular weight is 384 g/mol. The van der Waals surface area contributed by atoms with Gasteiger partial charge in [0.15, 0.2) is 5.96 Å². The van der Waals surface area contributed by atoms with E-state index in [4.69, 9.17) is 0 Å². The highest BCUT2D eigenvalue weighted by molar-refractivity contribution is 5.80. The fraction of sp³-hybridized carbons (Fsp3) is 0.545. The Morgan fingerprint density at radius 1 is 1.25 bits per heavy atom. The third-order valence-electron chi connectivity index (χ3n) is 5.76. The number of hydrogen-bond acceptors (Lipinski definition) is 3. The Morgan fingerprint density at radius 3 is 2.57 bits per heavy atom. The molecule has 0 spiro atoms. The van der Waals surface area contributed by atoms with Crippen LogP contribution in [-0.4, -0.2) is 40.5 Å². The van der Waals surface area contributed by atoms with Gasteiger partial charge in [0.25, 0.3) is 0 Å². The van der Waals surface area contributed by atoms with Crippen LogP contribution in [0.4, 0.5) is 0 Å². The maximum absolute atomic E-state index is 10.8. The van der Waals surface area contributed by atoms with Crippen LogP contribution in [0.2, 0.25) is 0 Å². The summed E-state index contributed by atoms with van der Waals surface area (Å²) in [7, 11) is 1.85. The number of benzene rings is 1. The van der Waals surface area contributed by atoms with Gasteiger partial charge in [-0.3, -0.25) is 4.68 Å². The molecule has 152 valence electrons. The van der Waals surface area contributed by atoms with Crippen molar-refractivity contribution < 1.29 is 5.11 Å². The summed E-state index contributed by atoms with van der Waals surface area (Å²) < 4.78 is 1.70. The highest BCUT2D eigenvalue weighted by atomic mass is 16.3. The summed E-state index contributed by atoms with van der Waals surface area (Å²) in [5.74, 6) is 0.744. The van der Waals surface area contributed by atoms with E-state index in [1.807, 2.05) is 13.2 Å². The molecule has 1 aromatic carbocycles. The minimum absolute atomic E-state index is 0.156. The third kappa shape index (κ3) is 4.73. The van der Waals surface area contributed by atoms with Gasteiger partial charge >= 0.3 is 0 Å². The first-order valence-electron chi connectivity index (χ1n) is 10.2. The zero-order valence-corrected chi connectivity index (χ0v) is 17.3. The second-order valence-corrected chi connectivity index (χ2v) is 8.08. The van der Waals surface area contributed by atoms with Crippen molar-refractivity contribution in [1.29, 1.82) is 0 Å². The molecule has 1 fully saturated rings. The Hall–Kier alpha value is -2.34. The topological polar surface area (TPSA) is 74.5 Å². The number of hydrogen-bond donors (Lipinski definition) is 3. The fourth-order valence-corrected chi connectivity index (χ4v) is 4.03. The lowest BCUT2D eigenvalue weighted by molar-refractivity contribution is 0.0671. The van der Waals surface area contributed by atoms with E-state index >= 15 is 0 Å². The standard InChI is InChI=1S/C22H33N5O/c1-4-23-20(24-16-21(2,28)19-14-26-27(3)15-19)25-17-22(12-8-9-13-22)18-10-6-5-7-11-18/h5-7,10-11,14-15,28H,4,8-9,12-13,16-17H2,1-3H3,(H2,23,24,25). The molecular weight excluding hydrogens is 350 g/mol. The smallest absolute Gasteiger partial charge is 0.191 e. The molecule has 6 heteroatoms. The van der Waals surface area contributed by atoms with E-state index in [1.54, 1.807) is 17.8 Å². The number of nitrogens with one attached hydrogen (secondary N) is 2. The molecule has 0 radical (unpaired) electrons. The zero-order chi connectivity index (χ0) is 20.0. The fourth-order valence-electron chi connectivity index (χ4n) is 4.03. The molecule has 28 heavy (non-hydrogen) atoms. The van der Waals surface area contributed by atoms with E-state index in [0.717, 1.165) is 24.6 Å². The lowest BCUT2D eigenvalue weighted by Crippen LogP contribution is -2.45. The van der Waals surface area contributed by atoms with Crippen molar-refractivity contribution in [2.24, 2.45) is 12.0 Å². The molecule has 3 N–H and O–H groups in total. The quantitative estimate of drug-likeness (QED) is 0.508. The number of aliphatic hydroxyl groups is 1. The lowest BCUT2D eigenvalue weighted by Gasteiger charge is -2.31. The molecule has 1 aromatic heterocycles. The summed E-state index contributed by atoms with van der Waals surface area (Å²) in [6.07, 6.45) is 8.44. The molecular formula is C22H33N5O. The zero-order valence-electron chi connectivity index (χ0n) is 17.3. The first-order chi connectivity index (χ1) is 13.5. The predicted molar refractivity (Wildman–Crippen MR) is 113 cm³/mol. The van der Waals surface area contributed by atoms with Crippen LogP contribution >= 0.6 is 0 Å². The van der Waals surface area contributed by atoms with Crippen molar-refractivity contribution in [2.45, 2.75) is 50.5 Å². The van der Waals surface area contributed by atoms with Crippen LogP contribution in [0.15, 0.2) is 47.7 Å². The van der Waals surface area contributed by atoms with Crippen molar-refractivity contribution in [3.05, 3.63) is 53.9 Å². The summed E-state index contributed by atoms with van der Waals surface area (Å²) in [6, 6.07) is 10.8. The van der Waals surface area contributed by atoms with E-state index in [9.17, 15) is 5.11 Å². The monoisotopic (exact) mass is 383 g/mol. The summed E-state index contributed by atoms with van der Waals surface area (Å²) >= 11 is 0. The van der Waals surface area contributed by atoms with E-state index < -0.39 is 5.60 Å². The minimum Gasteiger partial charge on any atom is -0.383 e. The molecule has 3 rings (SSSR count). The largest absolute Gasteiger partial charge is 0.383 e. The molecule has 1 heterocycles. The van der Waals surface area contributed by atoms with E-state index in [0.29, 0.717) is 0 Å². The Balaban J connectivity index is 1.71. The molecule has 0 saturated heterocycles. The molecule has 1 atom stereocenters. The molecule has 0 aliphatic heterocycles. The number of guanidine groups is 1. The Morgan fingerprint density at radius 2 is 1.96 bits per heavy atom. The van der Waals surface area contributed by atoms with Gasteiger partial charge in [0.05, 0.1) is 12.7 Å². The van der Waals surface area contributed by atoms with Crippen LogP contribution in [0.1, 0.15) is 50.7 Å². The van der Waals surface area contributed by atoms with Crippen molar-refractivity contribution in [3.8, 4) is 0 Å². The SMILES string of the molecule is CCNC(=NCC(C)(O)c1cnn(C)c1)NCC1(c2ccccc2)CCCC1. The first kappa shape index (κ1) is 20.4. The normalized spacial score (nSPS) is 18.6. The Labute approximate surface area is 168 Å². The molecule has 1 aliphatic carbocycles. The van der Waals surface area contributed by atoms with Crippen LogP contribution in [0, 0.1) is 0 Å². The van der Waals surface area contributed by atoms with Crippen molar-refractivity contribution in [2.75, 3.05) is 19.6 Å². The molecule has 0 amide bonds. The van der Waals surface area contributed by atoms with Gasteiger partial charge in [0.2, 0.25) is 0 Å². The maximum atomic E-state index is 10.8. The summed E-state index contributed by atoms with van der Waals surface area (Å²) in [6.45, 7) is 5.72. The predicted octanol–water partition coefficient (Wildman–Crippen LogP) is 2.69. The third-order valence-corrected chi connectivity index (χ3v) is 5.76. The van der Waals surface area contributed by atoms with Crippen LogP contribution in [0.3, 0.4) is 0 Å². The highest BCUT2D eigenvalue weighted by Gasteiger charge is 2.35. The highest BCUT2D eigenvalue weighted by Crippen LogP contribution is 2.40. The number of nitrogens with zero attached hydrogens (tertiary/aromatic N) is 3.